The zero-order chi connectivity index (χ0) is 11.1. The van der Waals surface area contributed by atoms with Crippen molar-refractivity contribution in [3.05, 3.63) is 41.7 Å². The van der Waals surface area contributed by atoms with Crippen molar-refractivity contribution < 1.29 is 9.90 Å². The molecule has 0 saturated carbocycles. The van der Waals surface area contributed by atoms with Crippen molar-refractivity contribution >= 4 is 11.5 Å². The van der Waals surface area contributed by atoms with E-state index in [1.165, 1.54) is 0 Å². The summed E-state index contributed by atoms with van der Waals surface area (Å²) in [5.41, 5.74) is 0.459. The fourth-order valence-corrected chi connectivity index (χ4v) is 1.70. The number of amides is 1. The van der Waals surface area contributed by atoms with Crippen LogP contribution in [-0.4, -0.2) is 16.6 Å². The van der Waals surface area contributed by atoms with E-state index in [0.717, 1.165) is 5.56 Å². The molecule has 0 saturated heterocycles. The van der Waals surface area contributed by atoms with Gasteiger partial charge in [0.2, 0.25) is 0 Å². The Morgan fingerprint density at radius 3 is 2.27 bits per heavy atom. The fourth-order valence-electron chi connectivity index (χ4n) is 1.70. The highest BCUT2D eigenvalue weighted by Gasteiger charge is 2.38. The van der Waals surface area contributed by atoms with Crippen LogP contribution in [0, 0.1) is 0 Å². The molecule has 1 amide bonds. The van der Waals surface area contributed by atoms with Crippen LogP contribution in [0.5, 0.6) is 0 Å². The van der Waals surface area contributed by atoms with E-state index in [4.69, 9.17) is 0 Å². The van der Waals surface area contributed by atoms with Crippen molar-refractivity contribution in [1.82, 2.24) is 5.32 Å². The first-order valence-electron chi connectivity index (χ1n) is 4.84. The molecule has 15 heavy (non-hydrogen) atoms. The van der Waals surface area contributed by atoms with Gasteiger partial charge in [0.05, 0.1) is 11.1 Å². The lowest BCUT2D eigenvalue weighted by molar-refractivity contribution is -0.115. The number of rotatable bonds is 1. The van der Waals surface area contributed by atoms with Crippen molar-refractivity contribution in [2.24, 2.45) is 0 Å². The predicted octanol–water partition coefficient (Wildman–Crippen LogP) is 1.86. The van der Waals surface area contributed by atoms with Crippen molar-refractivity contribution in [3.63, 3.8) is 0 Å². The number of benzene rings is 1. The van der Waals surface area contributed by atoms with E-state index in [9.17, 15) is 9.90 Å². The molecular formula is C12H13NO2. The zero-order valence-electron chi connectivity index (χ0n) is 8.74. The van der Waals surface area contributed by atoms with Gasteiger partial charge < -0.3 is 10.4 Å². The third-order valence-electron chi connectivity index (χ3n) is 2.54. The predicted molar refractivity (Wildman–Crippen MR) is 58.2 cm³/mol. The number of hydrogen-bond donors (Lipinski definition) is 2. The van der Waals surface area contributed by atoms with Gasteiger partial charge in [-0.25, -0.2) is 0 Å². The zero-order valence-corrected chi connectivity index (χ0v) is 8.74. The smallest absolute Gasteiger partial charge is 0.256 e. The highest BCUT2D eigenvalue weighted by molar-refractivity contribution is 6.23. The summed E-state index contributed by atoms with van der Waals surface area (Å²) >= 11 is 0. The second-order valence-electron chi connectivity index (χ2n) is 4.17. The first-order chi connectivity index (χ1) is 7.02. The van der Waals surface area contributed by atoms with Gasteiger partial charge in [0.15, 0.2) is 0 Å². The average Bonchev–Trinajstić information content (AvgIpc) is 2.38. The molecule has 0 unspecified atom stereocenters. The van der Waals surface area contributed by atoms with Gasteiger partial charge in [0.25, 0.3) is 5.91 Å². The molecule has 1 aliphatic heterocycles. The van der Waals surface area contributed by atoms with Crippen LogP contribution in [0.1, 0.15) is 19.4 Å². The minimum absolute atomic E-state index is 0.110. The highest BCUT2D eigenvalue weighted by Crippen LogP contribution is 2.30. The summed E-state index contributed by atoms with van der Waals surface area (Å²) in [4.78, 5) is 11.7. The lowest BCUT2D eigenvalue weighted by Crippen LogP contribution is -2.38. The monoisotopic (exact) mass is 203 g/mol. The molecule has 0 bridgehead atoms. The summed E-state index contributed by atoms with van der Waals surface area (Å²) in [6.45, 7) is 3.55. The van der Waals surface area contributed by atoms with E-state index in [1.807, 2.05) is 30.3 Å². The third-order valence-corrected chi connectivity index (χ3v) is 2.54. The molecule has 3 nitrogen and oxygen atoms in total. The molecule has 1 heterocycles. The first kappa shape index (κ1) is 9.77. The standard InChI is InChI=1S/C12H13NO2/c1-12(2)10(14)9(11(15)13-12)8-6-4-3-5-7-8/h3-7,14H,1-2H3,(H,13,15). The molecule has 3 heteroatoms. The maximum atomic E-state index is 11.7. The molecule has 1 aliphatic rings. The fraction of sp³-hybridized carbons (Fsp3) is 0.250. The number of aliphatic hydroxyl groups excluding tert-OH is 1. The summed E-state index contributed by atoms with van der Waals surface area (Å²) in [5.74, 6) is -0.109. The van der Waals surface area contributed by atoms with Crippen LogP contribution < -0.4 is 5.32 Å². The van der Waals surface area contributed by atoms with E-state index < -0.39 is 5.54 Å². The second-order valence-corrected chi connectivity index (χ2v) is 4.17. The second kappa shape index (κ2) is 3.12. The van der Waals surface area contributed by atoms with E-state index in [-0.39, 0.29) is 11.7 Å². The van der Waals surface area contributed by atoms with Crippen molar-refractivity contribution in [1.29, 1.82) is 0 Å². The van der Waals surface area contributed by atoms with Crippen LogP contribution in [-0.2, 0) is 4.79 Å². The quantitative estimate of drug-likeness (QED) is 0.732. The van der Waals surface area contributed by atoms with Gasteiger partial charge in [0, 0.05) is 0 Å². The third kappa shape index (κ3) is 1.50. The number of nitrogens with one attached hydrogen (secondary N) is 1. The number of carbonyl (C=O) groups is 1. The van der Waals surface area contributed by atoms with E-state index >= 15 is 0 Å². The van der Waals surface area contributed by atoms with Crippen LogP contribution >= 0.6 is 0 Å². The number of hydrogen-bond acceptors (Lipinski definition) is 2. The Morgan fingerprint density at radius 1 is 1.20 bits per heavy atom. The normalized spacial score (nSPS) is 19.2. The van der Waals surface area contributed by atoms with Gasteiger partial charge >= 0.3 is 0 Å². The van der Waals surface area contributed by atoms with Crippen molar-refractivity contribution in [3.8, 4) is 0 Å². The van der Waals surface area contributed by atoms with Gasteiger partial charge in [-0.2, -0.15) is 0 Å². The Bertz CT molecular complexity index is 432. The van der Waals surface area contributed by atoms with Crippen LogP contribution in [0.15, 0.2) is 36.1 Å². The summed E-state index contributed by atoms with van der Waals surface area (Å²) in [6, 6.07) is 9.18. The Labute approximate surface area is 88.4 Å². The number of carbonyl (C=O) groups excluding carboxylic acids is 1. The molecule has 1 aromatic rings. The SMILES string of the molecule is CC1(C)NC(=O)C(c2ccccc2)=C1O. The molecule has 0 atom stereocenters. The molecule has 0 aromatic heterocycles. The van der Waals surface area contributed by atoms with Gasteiger partial charge in [-0.05, 0) is 19.4 Å². The van der Waals surface area contributed by atoms with Crippen molar-refractivity contribution in [2.75, 3.05) is 0 Å². The van der Waals surface area contributed by atoms with Crippen molar-refractivity contribution in [2.45, 2.75) is 19.4 Å². The Balaban J connectivity index is 2.54. The maximum Gasteiger partial charge on any atom is 0.256 e. The van der Waals surface area contributed by atoms with Gasteiger partial charge in [-0.1, -0.05) is 30.3 Å². The van der Waals surface area contributed by atoms with E-state index in [0.29, 0.717) is 5.57 Å². The molecule has 1 aromatic carbocycles. The minimum Gasteiger partial charge on any atom is -0.509 e. The molecule has 78 valence electrons. The molecule has 0 fully saturated rings. The summed E-state index contributed by atoms with van der Waals surface area (Å²) < 4.78 is 0. The molecule has 0 radical (unpaired) electrons. The summed E-state index contributed by atoms with van der Waals surface area (Å²) in [6.07, 6.45) is 0. The highest BCUT2D eigenvalue weighted by atomic mass is 16.3. The lowest BCUT2D eigenvalue weighted by atomic mass is 10.00. The van der Waals surface area contributed by atoms with E-state index in [1.54, 1.807) is 13.8 Å². The van der Waals surface area contributed by atoms with Crippen LogP contribution in [0.4, 0.5) is 0 Å². The number of aliphatic hydroxyl groups is 1. The minimum atomic E-state index is -0.664. The molecule has 2 N–H and O–H groups in total. The van der Waals surface area contributed by atoms with Gasteiger partial charge in [-0.3, -0.25) is 4.79 Å². The lowest BCUT2D eigenvalue weighted by Gasteiger charge is -2.17. The topological polar surface area (TPSA) is 49.3 Å². The average molecular weight is 203 g/mol. The maximum absolute atomic E-state index is 11.7. The Morgan fingerprint density at radius 2 is 1.80 bits per heavy atom. The van der Waals surface area contributed by atoms with Crippen LogP contribution in [0.2, 0.25) is 0 Å². The Hall–Kier alpha value is -1.77. The Kier molecular flexibility index (Phi) is 2.03. The largest absolute Gasteiger partial charge is 0.509 e. The van der Waals surface area contributed by atoms with Crippen LogP contribution in [0.25, 0.3) is 5.57 Å². The van der Waals surface area contributed by atoms with Crippen LogP contribution in [0.3, 0.4) is 0 Å². The van der Waals surface area contributed by atoms with E-state index in [2.05, 4.69) is 5.32 Å². The first-order valence-corrected chi connectivity index (χ1v) is 4.84. The van der Waals surface area contributed by atoms with Gasteiger partial charge in [0.1, 0.15) is 5.76 Å². The molecule has 0 aliphatic carbocycles. The molecule has 2 rings (SSSR count). The van der Waals surface area contributed by atoms with Gasteiger partial charge in [-0.15, -0.1) is 0 Å². The summed E-state index contributed by atoms with van der Waals surface area (Å²) in [5, 5.41) is 12.7. The summed E-state index contributed by atoms with van der Waals surface area (Å²) in [7, 11) is 0. The molecular weight excluding hydrogens is 190 g/mol. The molecule has 0 spiro atoms.